The molecule has 1 saturated heterocycles. The molecule has 0 bridgehead atoms. The van der Waals surface area contributed by atoms with Crippen LogP contribution in [0.15, 0.2) is 48.5 Å². The molecule has 4 rings (SSSR count). The van der Waals surface area contributed by atoms with Crippen molar-refractivity contribution in [3.63, 3.8) is 0 Å². The van der Waals surface area contributed by atoms with Crippen LogP contribution in [0.5, 0.6) is 0 Å². The highest BCUT2D eigenvalue weighted by molar-refractivity contribution is 5.79. The third kappa shape index (κ3) is 5.16. The molecule has 1 atom stereocenters. The van der Waals surface area contributed by atoms with Crippen LogP contribution in [-0.4, -0.2) is 35.6 Å². The fourth-order valence-electron chi connectivity index (χ4n) is 3.68. The third-order valence-corrected chi connectivity index (χ3v) is 5.39. The minimum absolute atomic E-state index is 0.119. The highest BCUT2D eigenvalue weighted by Gasteiger charge is 2.31. The average molecular weight is 432 g/mol. The Morgan fingerprint density at radius 1 is 1.16 bits per heavy atom. The van der Waals surface area contributed by atoms with Gasteiger partial charge in [-0.2, -0.15) is 13.2 Å². The van der Waals surface area contributed by atoms with Crippen LogP contribution < -0.4 is 10.6 Å². The first-order valence-corrected chi connectivity index (χ1v) is 10.1. The number of alkyl halides is 3. The van der Waals surface area contributed by atoms with Gasteiger partial charge in [0.15, 0.2) is 0 Å². The molecular formula is C22H23F3N4O2. The molecule has 1 amide bonds. The summed E-state index contributed by atoms with van der Waals surface area (Å²) in [5.74, 6) is 0.151. The Hall–Kier alpha value is -3.07. The summed E-state index contributed by atoms with van der Waals surface area (Å²) in [6, 6.07) is 11.9. The van der Waals surface area contributed by atoms with Crippen molar-refractivity contribution in [2.24, 2.45) is 5.92 Å². The normalized spacial score (nSPS) is 16.2. The predicted molar refractivity (Wildman–Crippen MR) is 110 cm³/mol. The third-order valence-electron chi connectivity index (χ3n) is 5.39. The van der Waals surface area contributed by atoms with E-state index in [0.29, 0.717) is 37.6 Å². The Kier molecular flexibility index (Phi) is 6.13. The van der Waals surface area contributed by atoms with Crippen molar-refractivity contribution in [2.75, 3.05) is 25.1 Å². The van der Waals surface area contributed by atoms with Crippen LogP contribution in [0.2, 0.25) is 0 Å². The first kappa shape index (κ1) is 21.2. The molecular weight excluding hydrogens is 409 g/mol. The lowest BCUT2D eigenvalue weighted by Crippen LogP contribution is -2.38. The standard InChI is InChI=1S/C22H23F3N4O2/c23-22(24,25)16-5-3-4-15(12-16)19(13-26-20(30)14-8-10-31-11-9-14)29-21-27-17-6-1-2-7-18(17)28-21/h1-7,12,14,19H,8-11,13H2,(H,26,30)(H2,27,28,29). The van der Waals surface area contributed by atoms with Gasteiger partial charge in [0.1, 0.15) is 0 Å². The van der Waals surface area contributed by atoms with Crippen molar-refractivity contribution in [1.82, 2.24) is 15.3 Å². The number of nitrogens with zero attached hydrogens (tertiary/aromatic N) is 1. The lowest BCUT2D eigenvalue weighted by molar-refractivity contribution is -0.137. The first-order valence-electron chi connectivity index (χ1n) is 10.1. The number of hydrogen-bond donors (Lipinski definition) is 3. The van der Waals surface area contributed by atoms with Crippen molar-refractivity contribution < 1.29 is 22.7 Å². The number of para-hydroxylation sites is 2. The molecule has 0 radical (unpaired) electrons. The molecule has 1 unspecified atom stereocenters. The highest BCUT2D eigenvalue weighted by atomic mass is 19.4. The number of rotatable bonds is 6. The minimum Gasteiger partial charge on any atom is -0.381 e. The molecule has 2 aromatic carbocycles. The van der Waals surface area contributed by atoms with Crippen molar-refractivity contribution in [1.29, 1.82) is 0 Å². The molecule has 3 aromatic rings. The molecule has 3 N–H and O–H groups in total. The molecule has 6 nitrogen and oxygen atoms in total. The van der Waals surface area contributed by atoms with Crippen molar-refractivity contribution in [3.8, 4) is 0 Å². The lowest BCUT2D eigenvalue weighted by atomic mass is 9.98. The van der Waals surface area contributed by atoms with Crippen LogP contribution in [0, 0.1) is 5.92 Å². The summed E-state index contributed by atoms with van der Waals surface area (Å²) in [5, 5.41) is 6.03. The van der Waals surface area contributed by atoms with Crippen LogP contribution in [0.1, 0.15) is 30.0 Å². The number of anilines is 1. The van der Waals surface area contributed by atoms with E-state index in [0.717, 1.165) is 23.2 Å². The van der Waals surface area contributed by atoms with Gasteiger partial charge in [0.05, 0.1) is 22.6 Å². The lowest BCUT2D eigenvalue weighted by Gasteiger charge is -2.24. The predicted octanol–water partition coefficient (Wildman–Crippen LogP) is 4.28. The largest absolute Gasteiger partial charge is 0.416 e. The number of aromatic nitrogens is 2. The van der Waals surface area contributed by atoms with Crippen LogP contribution in [0.3, 0.4) is 0 Å². The number of fused-ring (bicyclic) bond motifs is 1. The Morgan fingerprint density at radius 2 is 1.94 bits per heavy atom. The van der Waals surface area contributed by atoms with E-state index in [9.17, 15) is 18.0 Å². The number of nitrogens with one attached hydrogen (secondary N) is 3. The number of ether oxygens (including phenoxy) is 1. The quantitative estimate of drug-likeness (QED) is 0.543. The maximum atomic E-state index is 13.2. The van der Waals surface area contributed by atoms with Crippen LogP contribution in [0.25, 0.3) is 11.0 Å². The number of benzene rings is 2. The maximum Gasteiger partial charge on any atom is 0.416 e. The number of aromatic amines is 1. The highest BCUT2D eigenvalue weighted by Crippen LogP contribution is 2.31. The van der Waals surface area contributed by atoms with Crippen LogP contribution in [0.4, 0.5) is 19.1 Å². The topological polar surface area (TPSA) is 79.0 Å². The molecule has 31 heavy (non-hydrogen) atoms. The number of amides is 1. The Morgan fingerprint density at radius 3 is 2.68 bits per heavy atom. The van der Waals surface area contributed by atoms with E-state index < -0.39 is 17.8 Å². The summed E-state index contributed by atoms with van der Waals surface area (Å²) >= 11 is 0. The van der Waals surface area contributed by atoms with Crippen LogP contribution >= 0.6 is 0 Å². The first-order chi connectivity index (χ1) is 14.9. The molecule has 2 heterocycles. The molecule has 0 aliphatic carbocycles. The van der Waals surface area contributed by atoms with Crippen molar-refractivity contribution in [2.45, 2.75) is 25.1 Å². The van der Waals surface area contributed by atoms with Crippen molar-refractivity contribution >= 4 is 22.9 Å². The molecule has 1 fully saturated rings. The van der Waals surface area contributed by atoms with E-state index in [2.05, 4.69) is 20.6 Å². The zero-order valence-electron chi connectivity index (χ0n) is 16.7. The summed E-state index contributed by atoms with van der Waals surface area (Å²) in [4.78, 5) is 20.1. The maximum absolute atomic E-state index is 13.2. The van der Waals surface area contributed by atoms with Gasteiger partial charge in [-0.1, -0.05) is 24.3 Å². The molecule has 1 aliphatic rings. The van der Waals surface area contributed by atoms with E-state index in [1.165, 1.54) is 6.07 Å². The van der Waals surface area contributed by atoms with Gasteiger partial charge < -0.3 is 20.4 Å². The zero-order chi connectivity index (χ0) is 21.8. The van der Waals surface area contributed by atoms with Gasteiger partial charge in [-0.15, -0.1) is 0 Å². The van der Waals surface area contributed by atoms with Gasteiger partial charge in [-0.05, 0) is 42.7 Å². The van der Waals surface area contributed by atoms with Gasteiger partial charge >= 0.3 is 6.18 Å². The second kappa shape index (κ2) is 8.97. The van der Waals surface area contributed by atoms with Gasteiger partial charge in [-0.3, -0.25) is 4.79 Å². The number of hydrogen-bond acceptors (Lipinski definition) is 4. The Balaban J connectivity index is 1.56. The summed E-state index contributed by atoms with van der Waals surface area (Å²) in [6.45, 7) is 1.19. The van der Waals surface area contributed by atoms with Gasteiger partial charge in [0.2, 0.25) is 11.9 Å². The summed E-state index contributed by atoms with van der Waals surface area (Å²) in [7, 11) is 0. The number of carbonyl (C=O) groups excluding carboxylic acids is 1. The van der Waals surface area contributed by atoms with E-state index >= 15 is 0 Å². The summed E-state index contributed by atoms with van der Waals surface area (Å²) < 4.78 is 45.0. The van der Waals surface area contributed by atoms with E-state index in [-0.39, 0.29) is 18.4 Å². The fraction of sp³-hybridized carbons (Fsp3) is 0.364. The molecule has 164 valence electrons. The molecule has 1 aromatic heterocycles. The van der Waals surface area contributed by atoms with Gasteiger partial charge in [0, 0.05) is 25.7 Å². The fourth-order valence-corrected chi connectivity index (χ4v) is 3.68. The Bertz CT molecular complexity index is 1010. The van der Waals surface area contributed by atoms with E-state index in [4.69, 9.17) is 4.74 Å². The number of halogens is 3. The Labute approximate surface area is 177 Å². The number of imidazole rings is 1. The second-order valence-corrected chi connectivity index (χ2v) is 7.55. The van der Waals surface area contributed by atoms with Crippen molar-refractivity contribution in [3.05, 3.63) is 59.7 Å². The van der Waals surface area contributed by atoms with Crippen LogP contribution in [-0.2, 0) is 15.7 Å². The zero-order valence-corrected chi connectivity index (χ0v) is 16.7. The summed E-state index contributed by atoms with van der Waals surface area (Å²) in [6.07, 6.45) is -3.18. The number of H-pyrrole nitrogens is 1. The van der Waals surface area contributed by atoms with E-state index in [1.54, 1.807) is 6.07 Å². The van der Waals surface area contributed by atoms with Gasteiger partial charge in [0.25, 0.3) is 0 Å². The summed E-state index contributed by atoms with van der Waals surface area (Å²) in [5.41, 5.74) is 1.21. The molecule has 0 spiro atoms. The molecule has 1 aliphatic heterocycles. The second-order valence-electron chi connectivity index (χ2n) is 7.55. The molecule has 9 heteroatoms. The SMILES string of the molecule is O=C(NCC(Nc1nc2ccccc2[nH]1)c1cccc(C(F)(F)F)c1)C1CCOCC1. The smallest absolute Gasteiger partial charge is 0.381 e. The average Bonchev–Trinajstić information content (AvgIpc) is 3.19. The van der Waals surface area contributed by atoms with E-state index in [1.807, 2.05) is 24.3 Å². The minimum atomic E-state index is -4.45. The monoisotopic (exact) mass is 432 g/mol. The number of carbonyl (C=O) groups is 1. The molecule has 0 saturated carbocycles. The van der Waals surface area contributed by atoms with Gasteiger partial charge in [-0.25, -0.2) is 4.98 Å².